The molecule has 1 saturated heterocycles. The monoisotopic (exact) mass is 229 g/mol. The van der Waals surface area contributed by atoms with E-state index in [9.17, 15) is 0 Å². The second-order valence-electron chi connectivity index (χ2n) is 4.30. The van der Waals surface area contributed by atoms with Crippen LogP contribution in [-0.4, -0.2) is 36.0 Å². The molecule has 3 rings (SSSR count). The SMILES string of the molecule is c1ccc2nnc(CC3CNCCO3)cc2c1. The summed E-state index contributed by atoms with van der Waals surface area (Å²) in [7, 11) is 0. The van der Waals surface area contributed by atoms with Crippen molar-refractivity contribution in [2.24, 2.45) is 0 Å². The van der Waals surface area contributed by atoms with Gasteiger partial charge >= 0.3 is 0 Å². The third kappa shape index (κ3) is 2.43. The van der Waals surface area contributed by atoms with Crippen LogP contribution in [0.25, 0.3) is 10.9 Å². The van der Waals surface area contributed by atoms with Gasteiger partial charge in [-0.2, -0.15) is 10.2 Å². The number of benzene rings is 1. The molecule has 0 spiro atoms. The topological polar surface area (TPSA) is 47.0 Å². The maximum atomic E-state index is 5.66. The van der Waals surface area contributed by atoms with E-state index in [-0.39, 0.29) is 6.10 Å². The number of nitrogens with one attached hydrogen (secondary N) is 1. The van der Waals surface area contributed by atoms with Crippen LogP contribution in [0.1, 0.15) is 5.69 Å². The first-order valence-corrected chi connectivity index (χ1v) is 5.95. The molecule has 1 aromatic carbocycles. The average Bonchev–Trinajstić information content (AvgIpc) is 2.40. The largest absolute Gasteiger partial charge is 0.375 e. The fourth-order valence-electron chi connectivity index (χ4n) is 2.11. The Balaban J connectivity index is 1.80. The molecule has 0 radical (unpaired) electrons. The summed E-state index contributed by atoms with van der Waals surface area (Å²) in [5.41, 5.74) is 1.94. The summed E-state index contributed by atoms with van der Waals surface area (Å²) >= 11 is 0. The highest BCUT2D eigenvalue weighted by Crippen LogP contribution is 2.12. The Labute approximate surface area is 100 Å². The van der Waals surface area contributed by atoms with E-state index < -0.39 is 0 Å². The fraction of sp³-hybridized carbons (Fsp3) is 0.385. The van der Waals surface area contributed by atoms with Gasteiger partial charge in [-0.25, -0.2) is 0 Å². The Morgan fingerprint density at radius 1 is 1.29 bits per heavy atom. The van der Waals surface area contributed by atoms with Gasteiger partial charge in [-0.15, -0.1) is 0 Å². The highest BCUT2D eigenvalue weighted by molar-refractivity contribution is 5.77. The first kappa shape index (κ1) is 10.6. The van der Waals surface area contributed by atoms with Gasteiger partial charge in [-0.1, -0.05) is 18.2 Å². The van der Waals surface area contributed by atoms with Gasteiger partial charge in [0.25, 0.3) is 0 Å². The van der Waals surface area contributed by atoms with Gasteiger partial charge in [0.05, 0.1) is 23.9 Å². The predicted octanol–water partition coefficient (Wildman–Crippen LogP) is 1.16. The van der Waals surface area contributed by atoms with Gasteiger partial charge in [0.15, 0.2) is 0 Å². The van der Waals surface area contributed by atoms with E-state index in [1.54, 1.807) is 0 Å². The normalized spacial score (nSPS) is 20.6. The van der Waals surface area contributed by atoms with Crippen LogP contribution in [0.2, 0.25) is 0 Å². The van der Waals surface area contributed by atoms with Crippen molar-refractivity contribution in [3.63, 3.8) is 0 Å². The number of fused-ring (bicyclic) bond motifs is 1. The van der Waals surface area contributed by atoms with E-state index in [0.29, 0.717) is 0 Å². The lowest BCUT2D eigenvalue weighted by Gasteiger charge is -2.23. The lowest BCUT2D eigenvalue weighted by molar-refractivity contribution is 0.0286. The minimum atomic E-state index is 0.221. The van der Waals surface area contributed by atoms with Gasteiger partial charge in [-0.3, -0.25) is 0 Å². The van der Waals surface area contributed by atoms with Crippen molar-refractivity contribution in [1.82, 2.24) is 15.5 Å². The summed E-state index contributed by atoms with van der Waals surface area (Å²) in [6.07, 6.45) is 1.05. The molecule has 1 aromatic heterocycles. The number of ether oxygens (including phenoxy) is 1. The molecular weight excluding hydrogens is 214 g/mol. The van der Waals surface area contributed by atoms with E-state index in [4.69, 9.17) is 4.74 Å². The molecule has 17 heavy (non-hydrogen) atoms. The Morgan fingerprint density at radius 3 is 3.12 bits per heavy atom. The Morgan fingerprint density at radius 2 is 2.24 bits per heavy atom. The van der Waals surface area contributed by atoms with Crippen LogP contribution in [0.4, 0.5) is 0 Å². The number of nitrogens with zero attached hydrogens (tertiary/aromatic N) is 2. The van der Waals surface area contributed by atoms with Crippen LogP contribution in [0, 0.1) is 0 Å². The summed E-state index contributed by atoms with van der Waals surface area (Å²) in [6.45, 7) is 2.63. The van der Waals surface area contributed by atoms with E-state index in [1.807, 2.05) is 18.2 Å². The van der Waals surface area contributed by atoms with E-state index in [1.165, 1.54) is 0 Å². The summed E-state index contributed by atoms with van der Waals surface area (Å²) in [5.74, 6) is 0. The number of hydrogen-bond donors (Lipinski definition) is 1. The smallest absolute Gasteiger partial charge is 0.0929 e. The molecular formula is C13H15N3O. The molecule has 1 atom stereocenters. The minimum absolute atomic E-state index is 0.221. The van der Waals surface area contributed by atoms with Gasteiger partial charge in [0.2, 0.25) is 0 Å². The highest BCUT2D eigenvalue weighted by Gasteiger charge is 2.14. The van der Waals surface area contributed by atoms with Crippen molar-refractivity contribution in [1.29, 1.82) is 0 Å². The van der Waals surface area contributed by atoms with E-state index in [0.717, 1.165) is 42.7 Å². The lowest BCUT2D eigenvalue weighted by Crippen LogP contribution is -2.39. The maximum Gasteiger partial charge on any atom is 0.0929 e. The predicted molar refractivity (Wildman–Crippen MR) is 65.9 cm³/mol. The number of morpholine rings is 1. The van der Waals surface area contributed by atoms with Gasteiger partial charge < -0.3 is 10.1 Å². The summed E-state index contributed by atoms with van der Waals surface area (Å²) in [4.78, 5) is 0. The fourth-order valence-corrected chi connectivity index (χ4v) is 2.11. The van der Waals surface area contributed by atoms with E-state index in [2.05, 4.69) is 27.6 Å². The van der Waals surface area contributed by atoms with Crippen LogP contribution in [0.3, 0.4) is 0 Å². The summed E-state index contributed by atoms with van der Waals surface area (Å²) in [6, 6.07) is 10.1. The molecule has 1 aliphatic rings. The quantitative estimate of drug-likeness (QED) is 0.839. The van der Waals surface area contributed by atoms with Crippen molar-refractivity contribution < 1.29 is 4.74 Å². The molecule has 4 nitrogen and oxygen atoms in total. The first-order chi connectivity index (χ1) is 8.42. The van der Waals surface area contributed by atoms with E-state index >= 15 is 0 Å². The van der Waals surface area contributed by atoms with Crippen molar-refractivity contribution in [2.75, 3.05) is 19.7 Å². The van der Waals surface area contributed by atoms with Crippen LogP contribution in [-0.2, 0) is 11.2 Å². The number of hydrogen-bond acceptors (Lipinski definition) is 4. The molecule has 1 aliphatic heterocycles. The molecule has 0 aliphatic carbocycles. The van der Waals surface area contributed by atoms with Crippen molar-refractivity contribution in [2.45, 2.75) is 12.5 Å². The Bertz CT molecular complexity index is 509. The molecule has 1 unspecified atom stereocenters. The average molecular weight is 229 g/mol. The molecule has 88 valence electrons. The zero-order valence-electron chi connectivity index (χ0n) is 9.60. The van der Waals surface area contributed by atoms with Crippen molar-refractivity contribution >= 4 is 10.9 Å². The van der Waals surface area contributed by atoms with Gasteiger partial charge in [0.1, 0.15) is 0 Å². The van der Waals surface area contributed by atoms with Gasteiger partial charge in [0, 0.05) is 24.9 Å². The first-order valence-electron chi connectivity index (χ1n) is 5.95. The highest BCUT2D eigenvalue weighted by atomic mass is 16.5. The van der Waals surface area contributed by atoms with Crippen LogP contribution >= 0.6 is 0 Å². The molecule has 0 amide bonds. The zero-order valence-corrected chi connectivity index (χ0v) is 9.60. The molecule has 4 heteroatoms. The Kier molecular flexibility index (Phi) is 2.98. The molecule has 1 fully saturated rings. The number of rotatable bonds is 2. The standard InChI is InChI=1S/C13H15N3O/c1-2-4-13-10(3-1)7-11(15-16-13)8-12-9-14-5-6-17-12/h1-4,7,12,14H,5-6,8-9H2. The maximum absolute atomic E-state index is 5.66. The third-order valence-corrected chi connectivity index (χ3v) is 2.99. The Hall–Kier alpha value is -1.52. The second-order valence-corrected chi connectivity index (χ2v) is 4.30. The van der Waals surface area contributed by atoms with Gasteiger partial charge in [-0.05, 0) is 12.1 Å². The summed E-state index contributed by atoms with van der Waals surface area (Å²) < 4.78 is 5.66. The second kappa shape index (κ2) is 4.77. The molecule has 2 aromatic rings. The van der Waals surface area contributed by atoms with Crippen molar-refractivity contribution in [3.8, 4) is 0 Å². The third-order valence-electron chi connectivity index (χ3n) is 2.99. The van der Waals surface area contributed by atoms with Crippen LogP contribution in [0.15, 0.2) is 30.3 Å². The van der Waals surface area contributed by atoms with Crippen LogP contribution < -0.4 is 5.32 Å². The molecule has 1 N–H and O–H groups in total. The molecule has 2 heterocycles. The molecule has 0 bridgehead atoms. The minimum Gasteiger partial charge on any atom is -0.375 e. The molecule has 0 saturated carbocycles. The lowest BCUT2D eigenvalue weighted by atomic mass is 10.1. The van der Waals surface area contributed by atoms with Crippen LogP contribution in [0.5, 0.6) is 0 Å². The zero-order chi connectivity index (χ0) is 11.5. The summed E-state index contributed by atoms with van der Waals surface area (Å²) in [5, 5.41) is 12.9. The number of aromatic nitrogens is 2. The van der Waals surface area contributed by atoms with Crippen molar-refractivity contribution in [3.05, 3.63) is 36.0 Å².